The van der Waals surface area contributed by atoms with Crippen molar-refractivity contribution in [2.75, 3.05) is 10.6 Å². The number of hydrogen-bond donors (Lipinski definition) is 3. The molecule has 0 aliphatic carbocycles. The number of alkyl halides is 3. The molecule has 0 aliphatic heterocycles. The van der Waals surface area contributed by atoms with E-state index in [4.69, 9.17) is 11.6 Å². The first-order valence-electron chi connectivity index (χ1n) is 7.70. The Hall–Kier alpha value is -2.58. The minimum absolute atomic E-state index is 0.142. The van der Waals surface area contributed by atoms with Gasteiger partial charge in [-0.3, -0.25) is 9.59 Å². The Balaban J connectivity index is 2.17. The van der Waals surface area contributed by atoms with Crippen LogP contribution in [0.3, 0.4) is 0 Å². The van der Waals surface area contributed by atoms with Crippen molar-refractivity contribution in [1.29, 1.82) is 0 Å². The summed E-state index contributed by atoms with van der Waals surface area (Å²) in [6.45, 7) is 2.15. The lowest BCUT2D eigenvalue weighted by molar-refractivity contribution is -0.242. The summed E-state index contributed by atoms with van der Waals surface area (Å²) in [4.78, 5) is 24.0. The molecular formula is C18H16ClF3N2O3. The van der Waals surface area contributed by atoms with Crippen LogP contribution in [0.1, 0.15) is 22.8 Å². The van der Waals surface area contributed by atoms with Crippen molar-refractivity contribution in [3.8, 4) is 0 Å². The number of carbonyl (C=O) groups is 2. The molecule has 2 aromatic rings. The summed E-state index contributed by atoms with van der Waals surface area (Å²) in [7, 11) is 0. The second kappa shape index (κ2) is 7.58. The lowest BCUT2D eigenvalue weighted by Gasteiger charge is -2.25. The average molecular weight is 401 g/mol. The monoisotopic (exact) mass is 400 g/mol. The number of hydrogen-bond acceptors (Lipinski definition) is 3. The maximum atomic E-state index is 12.7. The summed E-state index contributed by atoms with van der Waals surface area (Å²) in [5.41, 5.74) is -2.17. The van der Waals surface area contributed by atoms with E-state index >= 15 is 0 Å². The minimum atomic E-state index is -5.16. The third-order valence-electron chi connectivity index (χ3n) is 3.87. The molecule has 0 heterocycles. The third kappa shape index (κ3) is 4.58. The van der Waals surface area contributed by atoms with Crippen molar-refractivity contribution in [2.45, 2.75) is 25.6 Å². The van der Waals surface area contributed by atoms with Gasteiger partial charge in [-0.25, -0.2) is 0 Å². The van der Waals surface area contributed by atoms with Crippen molar-refractivity contribution in [3.05, 3.63) is 58.6 Å². The van der Waals surface area contributed by atoms with E-state index < -0.39 is 23.6 Å². The van der Waals surface area contributed by atoms with Gasteiger partial charge >= 0.3 is 6.18 Å². The molecule has 5 nitrogen and oxygen atoms in total. The van der Waals surface area contributed by atoms with Crippen LogP contribution in [-0.4, -0.2) is 28.7 Å². The van der Waals surface area contributed by atoms with Gasteiger partial charge in [0, 0.05) is 11.3 Å². The first-order chi connectivity index (χ1) is 12.4. The molecule has 1 atom stereocenters. The molecule has 0 bridgehead atoms. The molecule has 0 saturated carbocycles. The normalized spacial score (nSPS) is 13.6. The molecule has 0 aliphatic rings. The van der Waals surface area contributed by atoms with Gasteiger partial charge in [0.05, 0.1) is 10.7 Å². The number of rotatable bonds is 4. The summed E-state index contributed by atoms with van der Waals surface area (Å²) in [5.74, 6) is -2.17. The standard InChI is InChI=1S/C18H16ClF3N2O3/c1-10-5-3-4-6-13(10)23-15(25)11-7-8-14(12(19)9-11)24-16(26)17(2,27)18(20,21)22/h3-9,27H,1-2H3,(H,23,25)(H,24,26). The van der Waals surface area contributed by atoms with Crippen molar-refractivity contribution < 1.29 is 27.9 Å². The Bertz CT molecular complexity index is 882. The van der Waals surface area contributed by atoms with Crippen LogP contribution < -0.4 is 10.6 Å². The van der Waals surface area contributed by atoms with Gasteiger partial charge in [-0.1, -0.05) is 29.8 Å². The van der Waals surface area contributed by atoms with E-state index in [1.54, 1.807) is 12.1 Å². The summed E-state index contributed by atoms with van der Waals surface area (Å²) >= 11 is 5.96. The fourth-order valence-electron chi connectivity index (χ4n) is 2.04. The highest BCUT2D eigenvalue weighted by Gasteiger charge is 2.55. The van der Waals surface area contributed by atoms with Gasteiger partial charge in [0.2, 0.25) is 5.60 Å². The van der Waals surface area contributed by atoms with Gasteiger partial charge in [-0.2, -0.15) is 13.2 Å². The Labute approximate surface area is 158 Å². The van der Waals surface area contributed by atoms with Crippen molar-refractivity contribution >= 4 is 34.8 Å². The molecule has 9 heteroatoms. The van der Waals surface area contributed by atoms with Gasteiger partial charge in [0.25, 0.3) is 11.8 Å². The summed E-state index contributed by atoms with van der Waals surface area (Å²) in [6.07, 6.45) is -5.16. The van der Waals surface area contributed by atoms with Crippen LogP contribution in [0.2, 0.25) is 5.02 Å². The van der Waals surface area contributed by atoms with Crippen LogP contribution in [0.5, 0.6) is 0 Å². The van der Waals surface area contributed by atoms with E-state index in [1.165, 1.54) is 18.2 Å². The molecule has 0 aromatic heterocycles. The summed E-state index contributed by atoms with van der Waals surface area (Å²) in [6, 6.07) is 10.8. The first kappa shape index (κ1) is 20.7. The maximum absolute atomic E-state index is 12.7. The van der Waals surface area contributed by atoms with Crippen LogP contribution >= 0.6 is 11.6 Å². The zero-order valence-corrected chi connectivity index (χ0v) is 15.1. The first-order valence-corrected chi connectivity index (χ1v) is 8.08. The molecule has 2 amide bonds. The molecule has 2 aromatic carbocycles. The van der Waals surface area contributed by atoms with E-state index in [2.05, 4.69) is 5.32 Å². The number of amides is 2. The van der Waals surface area contributed by atoms with E-state index in [-0.39, 0.29) is 16.3 Å². The highest BCUT2D eigenvalue weighted by atomic mass is 35.5. The second-order valence-electron chi connectivity index (χ2n) is 5.99. The fourth-order valence-corrected chi connectivity index (χ4v) is 2.27. The third-order valence-corrected chi connectivity index (χ3v) is 4.18. The molecule has 3 N–H and O–H groups in total. The molecule has 0 spiro atoms. The molecule has 0 fully saturated rings. The Morgan fingerprint density at radius 2 is 1.67 bits per heavy atom. The topological polar surface area (TPSA) is 78.4 Å². The smallest absolute Gasteiger partial charge is 0.373 e. The van der Waals surface area contributed by atoms with Crippen LogP contribution in [-0.2, 0) is 4.79 Å². The number of benzene rings is 2. The lowest BCUT2D eigenvalue weighted by Crippen LogP contribution is -2.52. The zero-order chi connectivity index (χ0) is 20.4. The quantitative estimate of drug-likeness (QED) is 0.721. The highest BCUT2D eigenvalue weighted by Crippen LogP contribution is 2.32. The molecule has 144 valence electrons. The van der Waals surface area contributed by atoms with Gasteiger partial charge in [-0.15, -0.1) is 0 Å². The number of anilines is 2. The zero-order valence-electron chi connectivity index (χ0n) is 14.3. The Morgan fingerprint density at radius 3 is 2.22 bits per heavy atom. The largest absolute Gasteiger partial charge is 0.426 e. The predicted octanol–water partition coefficient (Wildman–Crippen LogP) is 4.15. The van der Waals surface area contributed by atoms with Crippen molar-refractivity contribution in [2.24, 2.45) is 0 Å². The molecule has 1 unspecified atom stereocenters. The number of aryl methyl sites for hydroxylation is 1. The Kier molecular flexibility index (Phi) is 5.82. The minimum Gasteiger partial charge on any atom is -0.373 e. The van der Waals surface area contributed by atoms with Crippen LogP contribution in [0, 0.1) is 6.92 Å². The number of halogens is 4. The molecule has 27 heavy (non-hydrogen) atoms. The van der Waals surface area contributed by atoms with E-state index in [0.29, 0.717) is 12.6 Å². The summed E-state index contributed by atoms with van der Waals surface area (Å²) < 4.78 is 38.1. The van der Waals surface area contributed by atoms with E-state index in [9.17, 15) is 27.9 Å². The van der Waals surface area contributed by atoms with E-state index in [1.807, 2.05) is 24.4 Å². The number of para-hydroxylation sites is 1. The van der Waals surface area contributed by atoms with E-state index in [0.717, 1.165) is 5.56 Å². The number of aliphatic hydroxyl groups is 1. The predicted molar refractivity (Wildman–Crippen MR) is 95.9 cm³/mol. The van der Waals surface area contributed by atoms with Gasteiger partial charge in [0.15, 0.2) is 0 Å². The van der Waals surface area contributed by atoms with Crippen LogP contribution in [0.25, 0.3) is 0 Å². The average Bonchev–Trinajstić information content (AvgIpc) is 2.57. The van der Waals surface area contributed by atoms with Gasteiger partial charge in [-0.05, 0) is 43.7 Å². The molecular weight excluding hydrogens is 385 g/mol. The lowest BCUT2D eigenvalue weighted by atomic mass is 10.1. The molecule has 2 rings (SSSR count). The van der Waals surface area contributed by atoms with Crippen molar-refractivity contribution in [1.82, 2.24) is 0 Å². The molecule has 0 radical (unpaired) electrons. The highest BCUT2D eigenvalue weighted by molar-refractivity contribution is 6.34. The van der Waals surface area contributed by atoms with Gasteiger partial charge in [0.1, 0.15) is 0 Å². The molecule has 0 saturated heterocycles. The SMILES string of the molecule is Cc1ccccc1NC(=O)c1ccc(NC(=O)C(C)(O)C(F)(F)F)c(Cl)c1. The second-order valence-corrected chi connectivity index (χ2v) is 6.39. The number of carbonyl (C=O) groups excluding carboxylic acids is 2. The van der Waals surface area contributed by atoms with Crippen LogP contribution in [0.15, 0.2) is 42.5 Å². The number of nitrogens with one attached hydrogen (secondary N) is 2. The maximum Gasteiger partial charge on any atom is 0.426 e. The summed E-state index contributed by atoms with van der Waals surface area (Å²) in [5, 5.41) is 13.8. The fraction of sp³-hybridized carbons (Fsp3) is 0.222. The Morgan fingerprint density at radius 1 is 1.04 bits per heavy atom. The van der Waals surface area contributed by atoms with Crippen molar-refractivity contribution in [3.63, 3.8) is 0 Å². The van der Waals surface area contributed by atoms with Gasteiger partial charge < -0.3 is 15.7 Å². The van der Waals surface area contributed by atoms with Crippen LogP contribution in [0.4, 0.5) is 24.5 Å².